The molecule has 130 valence electrons. The Hall–Kier alpha value is -1.68. The minimum Gasteiger partial charge on any atom is -0.487 e. The molecule has 0 bridgehead atoms. The van der Waals surface area contributed by atoms with Gasteiger partial charge in [0.15, 0.2) is 11.6 Å². The first-order valence-electron chi connectivity index (χ1n) is 8.92. The molecule has 2 aromatic rings. The van der Waals surface area contributed by atoms with E-state index in [1.165, 1.54) is 6.07 Å². The second-order valence-electron chi connectivity index (χ2n) is 7.23. The Balaban J connectivity index is 1.79. The summed E-state index contributed by atoms with van der Waals surface area (Å²) < 4.78 is 20.6. The van der Waals surface area contributed by atoms with Crippen LogP contribution in [0.25, 0.3) is 10.8 Å². The number of nitrogens with zero attached hydrogens (tertiary/aromatic N) is 1. The molecule has 0 aliphatic heterocycles. The summed E-state index contributed by atoms with van der Waals surface area (Å²) in [6, 6.07) is 3.62. The van der Waals surface area contributed by atoms with Crippen LogP contribution < -0.4 is 10.5 Å². The summed E-state index contributed by atoms with van der Waals surface area (Å²) >= 11 is 0. The van der Waals surface area contributed by atoms with Crippen LogP contribution in [0.2, 0.25) is 0 Å². The number of fused-ring (bicyclic) bond motifs is 1. The molecule has 3 nitrogen and oxygen atoms in total. The van der Waals surface area contributed by atoms with Crippen LogP contribution in [-0.2, 0) is 0 Å². The molecule has 1 fully saturated rings. The van der Waals surface area contributed by atoms with Gasteiger partial charge >= 0.3 is 0 Å². The van der Waals surface area contributed by atoms with Gasteiger partial charge < -0.3 is 10.5 Å². The second kappa shape index (κ2) is 6.67. The molecule has 0 spiro atoms. The number of aryl methyl sites for hydroxylation is 1. The van der Waals surface area contributed by atoms with Crippen LogP contribution in [0.5, 0.6) is 5.75 Å². The van der Waals surface area contributed by atoms with Crippen LogP contribution in [-0.4, -0.2) is 17.1 Å². The quantitative estimate of drug-likeness (QED) is 0.880. The summed E-state index contributed by atoms with van der Waals surface area (Å²) in [6.45, 7) is 6.24. The lowest BCUT2D eigenvalue weighted by Gasteiger charge is -2.42. The summed E-state index contributed by atoms with van der Waals surface area (Å²) in [5.41, 5.74) is 7.28. The van der Waals surface area contributed by atoms with Crippen LogP contribution in [0.4, 0.5) is 4.39 Å². The minimum atomic E-state index is -0.299. The predicted octanol–water partition coefficient (Wildman–Crippen LogP) is 4.75. The Morgan fingerprint density at radius 2 is 2.12 bits per heavy atom. The Labute approximate surface area is 143 Å². The zero-order valence-electron chi connectivity index (χ0n) is 14.8. The van der Waals surface area contributed by atoms with E-state index in [1.54, 1.807) is 12.4 Å². The van der Waals surface area contributed by atoms with Crippen molar-refractivity contribution in [2.45, 2.75) is 65.0 Å². The number of halogens is 1. The molecule has 2 N–H and O–H groups in total. The first-order valence-corrected chi connectivity index (χ1v) is 8.92. The van der Waals surface area contributed by atoms with E-state index in [9.17, 15) is 4.39 Å². The maximum absolute atomic E-state index is 14.5. The average Bonchev–Trinajstić information content (AvgIpc) is 2.59. The maximum atomic E-state index is 14.5. The largest absolute Gasteiger partial charge is 0.487 e. The van der Waals surface area contributed by atoms with Crippen molar-refractivity contribution >= 4 is 10.8 Å². The molecule has 1 saturated carbocycles. The van der Waals surface area contributed by atoms with Crippen LogP contribution in [0.1, 0.15) is 51.5 Å². The van der Waals surface area contributed by atoms with Gasteiger partial charge in [-0.1, -0.05) is 6.92 Å². The Bertz CT molecular complexity index is 721. The van der Waals surface area contributed by atoms with Crippen LogP contribution >= 0.6 is 0 Å². The lowest BCUT2D eigenvalue weighted by atomic mass is 9.67. The smallest absolute Gasteiger partial charge is 0.166 e. The molecular formula is C20H27FN2O. The van der Waals surface area contributed by atoms with E-state index >= 15 is 0 Å². The monoisotopic (exact) mass is 330 g/mol. The van der Waals surface area contributed by atoms with E-state index in [0.717, 1.165) is 48.4 Å². The molecule has 1 atom stereocenters. The Morgan fingerprint density at radius 3 is 2.75 bits per heavy atom. The van der Waals surface area contributed by atoms with Gasteiger partial charge in [-0.3, -0.25) is 4.98 Å². The molecular weight excluding hydrogens is 303 g/mol. The van der Waals surface area contributed by atoms with Crippen molar-refractivity contribution in [3.05, 3.63) is 35.9 Å². The standard InChI is InChI=1S/C20H27FN2O/c1-4-20(14(3)22)8-5-16(6-9-20)24-19-13(2)17-7-10-23-12-15(17)11-18(19)21/h7,10-12,14,16H,4-6,8-9,22H2,1-3H3/t14-,16?,20?/m0/s1. The summed E-state index contributed by atoms with van der Waals surface area (Å²) in [5, 5.41) is 1.81. The molecule has 0 amide bonds. The zero-order chi connectivity index (χ0) is 17.3. The second-order valence-corrected chi connectivity index (χ2v) is 7.23. The van der Waals surface area contributed by atoms with Gasteiger partial charge in [-0.2, -0.15) is 0 Å². The van der Waals surface area contributed by atoms with E-state index in [2.05, 4.69) is 18.8 Å². The molecule has 1 aliphatic rings. The van der Waals surface area contributed by atoms with Crippen molar-refractivity contribution in [1.82, 2.24) is 4.98 Å². The third-order valence-electron chi connectivity index (χ3n) is 5.98. The fourth-order valence-electron chi connectivity index (χ4n) is 4.09. The maximum Gasteiger partial charge on any atom is 0.166 e. The van der Waals surface area contributed by atoms with Gasteiger partial charge in [0.1, 0.15) is 0 Å². The zero-order valence-corrected chi connectivity index (χ0v) is 14.8. The van der Waals surface area contributed by atoms with Crippen molar-refractivity contribution in [2.75, 3.05) is 0 Å². The molecule has 1 aromatic heterocycles. The summed E-state index contributed by atoms with van der Waals surface area (Å²) in [4.78, 5) is 4.06. The number of hydrogen-bond donors (Lipinski definition) is 1. The van der Waals surface area contributed by atoms with Crippen molar-refractivity contribution in [3.8, 4) is 5.75 Å². The third-order valence-corrected chi connectivity index (χ3v) is 5.98. The highest BCUT2D eigenvalue weighted by Gasteiger charge is 2.37. The van der Waals surface area contributed by atoms with E-state index in [1.807, 2.05) is 13.0 Å². The van der Waals surface area contributed by atoms with Gasteiger partial charge in [0.2, 0.25) is 0 Å². The van der Waals surface area contributed by atoms with Gasteiger partial charge in [0.25, 0.3) is 0 Å². The Kier molecular flexibility index (Phi) is 4.77. The molecule has 24 heavy (non-hydrogen) atoms. The highest BCUT2D eigenvalue weighted by Crippen LogP contribution is 2.43. The van der Waals surface area contributed by atoms with E-state index in [0.29, 0.717) is 5.75 Å². The molecule has 0 unspecified atom stereocenters. The number of hydrogen-bond acceptors (Lipinski definition) is 3. The van der Waals surface area contributed by atoms with Crippen molar-refractivity contribution in [2.24, 2.45) is 11.1 Å². The lowest BCUT2D eigenvalue weighted by Crippen LogP contribution is -2.43. The van der Waals surface area contributed by atoms with Gasteiger partial charge in [0, 0.05) is 29.4 Å². The average molecular weight is 330 g/mol. The van der Waals surface area contributed by atoms with Gasteiger partial charge in [-0.15, -0.1) is 0 Å². The number of pyridine rings is 1. The molecule has 1 aromatic carbocycles. The highest BCUT2D eigenvalue weighted by molar-refractivity contribution is 5.86. The van der Waals surface area contributed by atoms with Crippen molar-refractivity contribution in [1.29, 1.82) is 0 Å². The van der Waals surface area contributed by atoms with E-state index in [4.69, 9.17) is 10.5 Å². The van der Waals surface area contributed by atoms with Crippen LogP contribution in [0, 0.1) is 18.2 Å². The van der Waals surface area contributed by atoms with Gasteiger partial charge in [-0.25, -0.2) is 4.39 Å². The molecule has 0 saturated heterocycles. The topological polar surface area (TPSA) is 48.1 Å². The van der Waals surface area contributed by atoms with Crippen LogP contribution in [0.3, 0.4) is 0 Å². The third kappa shape index (κ3) is 3.00. The molecule has 1 aliphatic carbocycles. The molecule has 0 radical (unpaired) electrons. The van der Waals surface area contributed by atoms with Gasteiger partial charge in [-0.05, 0) is 68.9 Å². The Morgan fingerprint density at radius 1 is 1.42 bits per heavy atom. The molecule has 4 heteroatoms. The number of benzene rings is 1. The first-order chi connectivity index (χ1) is 11.5. The van der Waals surface area contributed by atoms with Crippen molar-refractivity contribution in [3.63, 3.8) is 0 Å². The number of nitrogens with two attached hydrogens (primary N) is 1. The van der Waals surface area contributed by atoms with E-state index in [-0.39, 0.29) is 23.4 Å². The van der Waals surface area contributed by atoms with E-state index < -0.39 is 0 Å². The van der Waals surface area contributed by atoms with Crippen LogP contribution in [0.15, 0.2) is 24.5 Å². The normalized spacial score (nSPS) is 25.6. The summed E-state index contributed by atoms with van der Waals surface area (Å²) in [7, 11) is 0. The van der Waals surface area contributed by atoms with Crippen molar-refractivity contribution < 1.29 is 9.13 Å². The summed E-state index contributed by atoms with van der Waals surface area (Å²) in [6.07, 6.45) is 8.53. The highest BCUT2D eigenvalue weighted by atomic mass is 19.1. The predicted molar refractivity (Wildman–Crippen MR) is 95.7 cm³/mol. The number of rotatable bonds is 4. The fourth-order valence-corrected chi connectivity index (χ4v) is 4.09. The van der Waals surface area contributed by atoms with Gasteiger partial charge in [0.05, 0.1) is 6.10 Å². The minimum absolute atomic E-state index is 0.0657. The number of aromatic nitrogens is 1. The lowest BCUT2D eigenvalue weighted by molar-refractivity contribution is 0.0594. The molecule has 3 rings (SSSR count). The first kappa shape index (κ1) is 17.2. The summed E-state index contributed by atoms with van der Waals surface area (Å²) in [5.74, 6) is 0.0935. The molecule has 1 heterocycles. The fraction of sp³-hybridized carbons (Fsp3) is 0.550. The SMILES string of the molecule is CCC1([C@H](C)N)CCC(Oc2c(F)cc3cnccc3c2C)CC1. The number of ether oxygens (including phenoxy) is 1.